The minimum absolute atomic E-state index is 0.300. The van der Waals surface area contributed by atoms with Gasteiger partial charge in [0.1, 0.15) is 0 Å². The quantitative estimate of drug-likeness (QED) is 0.558. The molecule has 0 fully saturated rings. The molecule has 1 aromatic carbocycles. The fourth-order valence-corrected chi connectivity index (χ4v) is 2.79. The van der Waals surface area contributed by atoms with Crippen molar-refractivity contribution in [2.75, 3.05) is 34.0 Å². The van der Waals surface area contributed by atoms with Crippen molar-refractivity contribution in [1.29, 1.82) is 0 Å². The maximum absolute atomic E-state index is 5.43. The number of likely N-dealkylation sites (N-methyl/N-ethyl adjacent to an activating group) is 1. The van der Waals surface area contributed by atoms with Crippen molar-refractivity contribution in [2.45, 2.75) is 39.8 Å². The molecule has 6 nitrogen and oxygen atoms in total. The normalized spacial score (nSPS) is 14.9. The first-order valence-electron chi connectivity index (χ1n) is 9.06. The van der Waals surface area contributed by atoms with E-state index in [4.69, 9.17) is 14.5 Å². The lowest BCUT2D eigenvalue weighted by atomic mass is 10.0. The number of rotatable bonds is 8. The number of hydrogen-bond donors (Lipinski definition) is 2. The predicted octanol–water partition coefficient (Wildman–Crippen LogP) is 2.45. The van der Waals surface area contributed by atoms with Crippen LogP contribution in [0, 0.1) is 5.92 Å². The number of nitrogens with zero attached hydrogens (tertiary/aromatic N) is 2. The van der Waals surface area contributed by atoms with E-state index in [2.05, 4.69) is 50.4 Å². The third kappa shape index (κ3) is 6.12. The van der Waals surface area contributed by atoms with Crippen LogP contribution < -0.4 is 20.1 Å². The summed E-state index contributed by atoms with van der Waals surface area (Å²) in [6, 6.07) is 6.45. The van der Waals surface area contributed by atoms with Crippen molar-refractivity contribution >= 4 is 5.96 Å². The average molecular weight is 348 g/mol. The van der Waals surface area contributed by atoms with Crippen LogP contribution in [-0.2, 0) is 6.54 Å². The zero-order valence-electron chi connectivity index (χ0n) is 16.1. The second-order valence-corrected chi connectivity index (χ2v) is 7.01. The summed E-state index contributed by atoms with van der Waals surface area (Å²) in [6.45, 7) is 9.21. The van der Waals surface area contributed by atoms with Gasteiger partial charge in [0.05, 0.1) is 6.54 Å². The van der Waals surface area contributed by atoms with Crippen LogP contribution in [0.1, 0.15) is 32.8 Å². The van der Waals surface area contributed by atoms with Crippen LogP contribution in [0.5, 0.6) is 11.5 Å². The Morgan fingerprint density at radius 3 is 2.64 bits per heavy atom. The second kappa shape index (κ2) is 9.51. The Morgan fingerprint density at radius 2 is 1.96 bits per heavy atom. The van der Waals surface area contributed by atoms with Gasteiger partial charge in [-0.1, -0.05) is 19.9 Å². The van der Waals surface area contributed by atoms with Gasteiger partial charge < -0.3 is 25.0 Å². The van der Waals surface area contributed by atoms with Crippen LogP contribution in [0.3, 0.4) is 0 Å². The van der Waals surface area contributed by atoms with Crippen LogP contribution in [0.25, 0.3) is 0 Å². The molecule has 1 unspecified atom stereocenters. The fraction of sp³-hybridized carbons (Fsp3) is 0.632. The number of nitrogens with one attached hydrogen (secondary N) is 2. The molecule has 1 aromatic rings. The molecule has 140 valence electrons. The first-order chi connectivity index (χ1) is 12.0. The monoisotopic (exact) mass is 348 g/mol. The zero-order chi connectivity index (χ0) is 18.2. The minimum atomic E-state index is 0.300. The van der Waals surface area contributed by atoms with E-state index in [1.165, 1.54) is 0 Å². The molecule has 0 aliphatic carbocycles. The Labute approximate surface area is 151 Å². The highest BCUT2D eigenvalue weighted by Crippen LogP contribution is 2.32. The maximum Gasteiger partial charge on any atom is 0.231 e. The van der Waals surface area contributed by atoms with Crippen LogP contribution in [0.2, 0.25) is 0 Å². The van der Waals surface area contributed by atoms with Gasteiger partial charge in [0.15, 0.2) is 17.5 Å². The van der Waals surface area contributed by atoms with E-state index in [0.29, 0.717) is 25.3 Å². The molecule has 2 N–H and O–H groups in total. The predicted molar refractivity (Wildman–Crippen MR) is 102 cm³/mol. The molecule has 1 aliphatic rings. The topological polar surface area (TPSA) is 58.1 Å². The van der Waals surface area contributed by atoms with Crippen LogP contribution in [-0.4, -0.2) is 50.9 Å². The molecule has 0 radical (unpaired) electrons. The summed E-state index contributed by atoms with van der Waals surface area (Å²) >= 11 is 0. The van der Waals surface area contributed by atoms with E-state index in [1.54, 1.807) is 0 Å². The van der Waals surface area contributed by atoms with Gasteiger partial charge in [0, 0.05) is 19.1 Å². The van der Waals surface area contributed by atoms with Gasteiger partial charge in [-0.05, 0) is 51.1 Å². The number of guanidine groups is 1. The van der Waals surface area contributed by atoms with E-state index in [0.717, 1.165) is 42.5 Å². The smallest absolute Gasteiger partial charge is 0.231 e. The highest BCUT2D eigenvalue weighted by atomic mass is 16.7. The molecule has 2 rings (SSSR count). The van der Waals surface area contributed by atoms with Crippen LogP contribution >= 0.6 is 0 Å². The molecule has 6 heteroatoms. The van der Waals surface area contributed by atoms with E-state index < -0.39 is 0 Å². The highest BCUT2D eigenvalue weighted by Gasteiger charge is 2.15. The van der Waals surface area contributed by atoms with Gasteiger partial charge in [0.2, 0.25) is 6.79 Å². The summed E-state index contributed by atoms with van der Waals surface area (Å²) < 4.78 is 10.8. The molecule has 1 aliphatic heterocycles. The van der Waals surface area contributed by atoms with Crippen LogP contribution in [0.4, 0.5) is 0 Å². The summed E-state index contributed by atoms with van der Waals surface area (Å²) in [5, 5.41) is 6.79. The van der Waals surface area contributed by atoms with E-state index in [-0.39, 0.29) is 0 Å². The molecular formula is C19H32N4O2. The van der Waals surface area contributed by atoms with Gasteiger partial charge in [-0.25, -0.2) is 4.99 Å². The molecule has 0 bridgehead atoms. The van der Waals surface area contributed by atoms with Crippen LogP contribution in [0.15, 0.2) is 23.2 Å². The average Bonchev–Trinajstić information content (AvgIpc) is 3.03. The number of aliphatic imine (C=N–C) groups is 1. The van der Waals surface area contributed by atoms with Crippen molar-refractivity contribution in [3.8, 4) is 11.5 Å². The van der Waals surface area contributed by atoms with Crippen molar-refractivity contribution in [2.24, 2.45) is 10.9 Å². The Bertz CT molecular complexity index is 573. The van der Waals surface area contributed by atoms with Crippen molar-refractivity contribution in [3.05, 3.63) is 23.8 Å². The zero-order valence-corrected chi connectivity index (χ0v) is 16.1. The maximum atomic E-state index is 5.43. The Balaban J connectivity index is 1.95. The summed E-state index contributed by atoms with van der Waals surface area (Å²) in [5.41, 5.74) is 1.10. The van der Waals surface area contributed by atoms with Gasteiger partial charge in [-0.15, -0.1) is 0 Å². The fourth-order valence-electron chi connectivity index (χ4n) is 2.79. The highest BCUT2D eigenvalue weighted by molar-refractivity contribution is 5.79. The summed E-state index contributed by atoms with van der Waals surface area (Å²) in [7, 11) is 4.26. The van der Waals surface area contributed by atoms with Crippen molar-refractivity contribution in [3.63, 3.8) is 0 Å². The molecule has 0 aromatic heterocycles. The molecule has 1 atom stereocenters. The van der Waals surface area contributed by atoms with Gasteiger partial charge >= 0.3 is 0 Å². The number of ether oxygens (including phenoxy) is 2. The molecule has 25 heavy (non-hydrogen) atoms. The molecule has 0 saturated carbocycles. The van der Waals surface area contributed by atoms with Crippen molar-refractivity contribution < 1.29 is 9.47 Å². The van der Waals surface area contributed by atoms with Gasteiger partial charge in [-0.3, -0.25) is 0 Å². The molecule has 0 saturated heterocycles. The first kappa shape index (κ1) is 19.4. The number of fused-ring (bicyclic) bond motifs is 1. The van der Waals surface area contributed by atoms with Gasteiger partial charge in [-0.2, -0.15) is 0 Å². The molecule has 0 amide bonds. The summed E-state index contributed by atoms with van der Waals surface area (Å²) in [6.07, 6.45) is 1.15. The lowest BCUT2D eigenvalue weighted by molar-refractivity contribution is 0.174. The summed E-state index contributed by atoms with van der Waals surface area (Å²) in [5.74, 6) is 3.12. The Morgan fingerprint density at radius 1 is 1.20 bits per heavy atom. The summed E-state index contributed by atoms with van der Waals surface area (Å²) in [4.78, 5) is 6.97. The molecule has 1 heterocycles. The second-order valence-electron chi connectivity index (χ2n) is 7.01. The van der Waals surface area contributed by atoms with Crippen molar-refractivity contribution in [1.82, 2.24) is 15.5 Å². The van der Waals surface area contributed by atoms with E-state index in [9.17, 15) is 0 Å². The van der Waals surface area contributed by atoms with E-state index >= 15 is 0 Å². The third-order valence-corrected chi connectivity index (χ3v) is 4.18. The Kier molecular flexibility index (Phi) is 7.37. The molecule has 0 spiro atoms. The number of benzene rings is 1. The molecular weight excluding hydrogens is 316 g/mol. The Hall–Kier alpha value is -1.95. The third-order valence-electron chi connectivity index (χ3n) is 4.18. The largest absolute Gasteiger partial charge is 0.454 e. The minimum Gasteiger partial charge on any atom is -0.454 e. The van der Waals surface area contributed by atoms with Gasteiger partial charge in [0.25, 0.3) is 0 Å². The SMILES string of the molecule is CCNC(=NCc1ccc2c(c1)OCO2)NCC(CC(C)C)N(C)C. The standard InChI is InChI=1S/C19H32N4O2/c1-6-20-19(22-12-16(23(4)5)9-14(2)3)21-11-15-7-8-17-18(10-15)25-13-24-17/h7-8,10,14,16H,6,9,11-13H2,1-5H3,(H2,20,21,22). The number of hydrogen-bond acceptors (Lipinski definition) is 4. The first-order valence-corrected chi connectivity index (χ1v) is 9.06. The van der Waals surface area contributed by atoms with E-state index in [1.807, 2.05) is 18.2 Å². The lowest BCUT2D eigenvalue weighted by Crippen LogP contribution is -2.45. The lowest BCUT2D eigenvalue weighted by Gasteiger charge is -2.27.